The Kier molecular flexibility index (Phi) is 4.11. The summed E-state index contributed by atoms with van der Waals surface area (Å²) in [5.41, 5.74) is 0.597. The Hall–Kier alpha value is -1.86. The molecule has 1 atom stereocenters. The van der Waals surface area contributed by atoms with Crippen molar-refractivity contribution in [3.63, 3.8) is 0 Å². The van der Waals surface area contributed by atoms with E-state index in [-0.39, 0.29) is 11.3 Å². The number of rotatable bonds is 3. The predicted molar refractivity (Wildman–Crippen MR) is 90.8 cm³/mol. The van der Waals surface area contributed by atoms with Gasteiger partial charge in [0, 0.05) is 41.5 Å². The summed E-state index contributed by atoms with van der Waals surface area (Å²) in [4.78, 5) is 9.54. The number of alkyl halides is 3. The second kappa shape index (κ2) is 6.09. The minimum Gasteiger partial charge on any atom is -0.388 e. The second-order valence-corrected chi connectivity index (χ2v) is 7.67. The molecule has 4 rings (SSSR count). The molecule has 26 heavy (non-hydrogen) atoms. The molecule has 4 nitrogen and oxygen atoms in total. The first-order valence-electron chi connectivity index (χ1n) is 8.33. The molecule has 1 saturated carbocycles. The number of pyridine rings is 2. The van der Waals surface area contributed by atoms with Gasteiger partial charge < -0.3 is 10.0 Å². The number of aliphatic hydroxyl groups is 1. The first-order valence-corrected chi connectivity index (χ1v) is 8.71. The largest absolute Gasteiger partial charge is 0.433 e. The lowest BCUT2D eigenvalue weighted by atomic mass is 9.56. The van der Waals surface area contributed by atoms with Gasteiger partial charge in [-0.05, 0) is 37.0 Å². The van der Waals surface area contributed by atoms with Crippen LogP contribution in [0.25, 0.3) is 0 Å². The van der Waals surface area contributed by atoms with Crippen LogP contribution in [-0.4, -0.2) is 28.2 Å². The van der Waals surface area contributed by atoms with Crippen LogP contribution < -0.4 is 4.90 Å². The van der Waals surface area contributed by atoms with Crippen molar-refractivity contribution in [1.82, 2.24) is 9.97 Å². The van der Waals surface area contributed by atoms with E-state index in [0.29, 0.717) is 16.3 Å². The van der Waals surface area contributed by atoms with Gasteiger partial charge in [0.15, 0.2) is 0 Å². The zero-order valence-corrected chi connectivity index (χ0v) is 14.5. The number of halogens is 4. The van der Waals surface area contributed by atoms with Gasteiger partial charge in [0.1, 0.15) is 5.69 Å². The molecule has 1 saturated heterocycles. The molecular weight excluding hydrogens is 367 g/mol. The summed E-state index contributed by atoms with van der Waals surface area (Å²) in [7, 11) is 0. The van der Waals surface area contributed by atoms with Crippen molar-refractivity contribution in [2.24, 2.45) is 11.3 Å². The van der Waals surface area contributed by atoms with Gasteiger partial charge in [0.25, 0.3) is 0 Å². The van der Waals surface area contributed by atoms with Crippen molar-refractivity contribution in [2.75, 3.05) is 18.0 Å². The van der Waals surface area contributed by atoms with E-state index < -0.39 is 18.0 Å². The average Bonchev–Trinajstić information content (AvgIpc) is 2.52. The molecule has 2 fully saturated rings. The van der Waals surface area contributed by atoms with Crippen LogP contribution in [0.4, 0.5) is 18.9 Å². The smallest absolute Gasteiger partial charge is 0.388 e. The molecule has 1 unspecified atom stereocenters. The number of aliphatic hydroxyl groups excluding tert-OH is 1. The van der Waals surface area contributed by atoms with E-state index in [2.05, 4.69) is 9.97 Å². The number of aromatic nitrogens is 2. The summed E-state index contributed by atoms with van der Waals surface area (Å²) >= 11 is 6.12. The van der Waals surface area contributed by atoms with Gasteiger partial charge >= 0.3 is 6.18 Å². The van der Waals surface area contributed by atoms with E-state index in [0.717, 1.165) is 32.0 Å². The van der Waals surface area contributed by atoms with E-state index in [1.54, 1.807) is 18.5 Å². The highest BCUT2D eigenvalue weighted by atomic mass is 35.5. The van der Waals surface area contributed by atoms with Crippen LogP contribution in [0.5, 0.6) is 0 Å². The van der Waals surface area contributed by atoms with E-state index in [4.69, 9.17) is 11.6 Å². The third kappa shape index (κ3) is 3.03. The van der Waals surface area contributed by atoms with E-state index in [9.17, 15) is 18.3 Å². The third-order valence-corrected chi connectivity index (χ3v) is 5.75. The summed E-state index contributed by atoms with van der Waals surface area (Å²) in [5, 5.41) is 11.0. The van der Waals surface area contributed by atoms with E-state index in [1.807, 2.05) is 4.90 Å². The van der Waals surface area contributed by atoms with Crippen LogP contribution in [0.15, 0.2) is 36.8 Å². The van der Waals surface area contributed by atoms with Gasteiger partial charge in [-0.3, -0.25) is 4.98 Å². The van der Waals surface area contributed by atoms with Gasteiger partial charge in [0.05, 0.1) is 18.0 Å². The minimum atomic E-state index is -4.42. The first kappa shape index (κ1) is 17.5. The van der Waals surface area contributed by atoms with Gasteiger partial charge in [-0.2, -0.15) is 13.2 Å². The number of anilines is 1. The summed E-state index contributed by atoms with van der Waals surface area (Å²) in [6, 6.07) is 4.14. The van der Waals surface area contributed by atoms with Crippen LogP contribution in [-0.2, 0) is 6.18 Å². The van der Waals surface area contributed by atoms with Crippen LogP contribution in [0.2, 0.25) is 5.02 Å². The Morgan fingerprint density at radius 3 is 2.50 bits per heavy atom. The molecule has 0 radical (unpaired) electrons. The summed E-state index contributed by atoms with van der Waals surface area (Å²) in [5.74, 6) is 0.129. The van der Waals surface area contributed by atoms with Crippen molar-refractivity contribution in [3.8, 4) is 0 Å². The molecule has 138 valence electrons. The number of hydrogen-bond donors (Lipinski definition) is 1. The maximum Gasteiger partial charge on any atom is 0.433 e. The lowest BCUT2D eigenvalue weighted by molar-refractivity contribution is -0.141. The standard InChI is InChI=1S/C18H17ClF3N3O/c19-14-3-4-23-8-13(14)16(26)11-5-17(6-11)9-25(10-17)12-1-2-15(24-7-12)18(20,21)22/h1-4,7-8,11,16,26H,5-6,9-10H2. The van der Waals surface area contributed by atoms with Crippen LogP contribution in [0, 0.1) is 11.3 Å². The molecule has 8 heteroatoms. The molecule has 3 heterocycles. The summed E-state index contributed by atoms with van der Waals surface area (Å²) < 4.78 is 37.7. The third-order valence-electron chi connectivity index (χ3n) is 5.41. The maximum absolute atomic E-state index is 12.6. The molecule has 2 aliphatic rings. The highest BCUT2D eigenvalue weighted by Crippen LogP contribution is 2.56. The molecule has 0 amide bonds. The van der Waals surface area contributed by atoms with Crippen molar-refractivity contribution < 1.29 is 18.3 Å². The highest BCUT2D eigenvalue weighted by Gasteiger charge is 2.54. The normalized spacial score (nSPS) is 20.6. The topological polar surface area (TPSA) is 49.3 Å². The zero-order valence-electron chi connectivity index (χ0n) is 13.7. The first-order chi connectivity index (χ1) is 12.3. The van der Waals surface area contributed by atoms with E-state index >= 15 is 0 Å². The molecule has 1 aliphatic heterocycles. The van der Waals surface area contributed by atoms with Crippen LogP contribution in [0.3, 0.4) is 0 Å². The summed E-state index contributed by atoms with van der Waals surface area (Å²) in [6.07, 6.45) is 1.13. The Balaban J connectivity index is 1.34. The molecule has 0 aromatic carbocycles. The SMILES string of the molecule is OC(c1cnccc1Cl)C1CC2(C1)CN(c1ccc(C(F)(F)F)nc1)C2. The second-order valence-electron chi connectivity index (χ2n) is 7.27. The van der Waals surface area contributed by atoms with Crippen LogP contribution in [0.1, 0.15) is 30.2 Å². The van der Waals surface area contributed by atoms with Crippen molar-refractivity contribution in [3.05, 3.63) is 53.1 Å². The van der Waals surface area contributed by atoms with Crippen molar-refractivity contribution in [1.29, 1.82) is 0 Å². The highest BCUT2D eigenvalue weighted by molar-refractivity contribution is 6.31. The Morgan fingerprint density at radius 1 is 1.19 bits per heavy atom. The van der Waals surface area contributed by atoms with Crippen LogP contribution >= 0.6 is 11.6 Å². The fraction of sp³-hybridized carbons (Fsp3) is 0.444. The van der Waals surface area contributed by atoms with Gasteiger partial charge in [-0.15, -0.1) is 0 Å². The lowest BCUT2D eigenvalue weighted by Gasteiger charge is -2.60. The fourth-order valence-electron chi connectivity index (χ4n) is 4.08. The number of nitrogens with zero attached hydrogens (tertiary/aromatic N) is 3. The predicted octanol–water partition coefficient (Wildman–Crippen LogP) is 4.10. The molecule has 0 bridgehead atoms. The monoisotopic (exact) mass is 383 g/mol. The molecule has 2 aromatic rings. The average molecular weight is 384 g/mol. The molecular formula is C18H17ClF3N3O. The Bertz CT molecular complexity index is 798. The number of hydrogen-bond acceptors (Lipinski definition) is 4. The van der Waals surface area contributed by atoms with Gasteiger partial charge in [-0.1, -0.05) is 11.6 Å². The molecule has 1 N–H and O–H groups in total. The molecule has 2 aromatic heterocycles. The van der Waals surface area contributed by atoms with Crippen molar-refractivity contribution in [2.45, 2.75) is 25.1 Å². The Morgan fingerprint density at radius 2 is 1.92 bits per heavy atom. The van der Waals surface area contributed by atoms with Gasteiger partial charge in [0.2, 0.25) is 0 Å². The maximum atomic E-state index is 12.6. The minimum absolute atomic E-state index is 0.128. The zero-order chi connectivity index (χ0) is 18.5. The Labute approximate surface area is 153 Å². The summed E-state index contributed by atoms with van der Waals surface area (Å²) in [6.45, 7) is 1.54. The van der Waals surface area contributed by atoms with Crippen molar-refractivity contribution >= 4 is 17.3 Å². The fourth-order valence-corrected chi connectivity index (χ4v) is 4.30. The molecule has 1 aliphatic carbocycles. The molecule has 1 spiro atoms. The quantitative estimate of drug-likeness (QED) is 0.867. The lowest BCUT2D eigenvalue weighted by Crippen LogP contribution is -2.63. The van der Waals surface area contributed by atoms with Gasteiger partial charge in [-0.25, -0.2) is 4.98 Å². The van der Waals surface area contributed by atoms with E-state index in [1.165, 1.54) is 12.3 Å².